The summed E-state index contributed by atoms with van der Waals surface area (Å²) in [6.07, 6.45) is 0.223. The van der Waals surface area contributed by atoms with Gasteiger partial charge in [-0.1, -0.05) is 17.2 Å². The Morgan fingerprint density at radius 2 is 1.74 bits per heavy atom. The molecule has 19 heavy (non-hydrogen) atoms. The van der Waals surface area contributed by atoms with Crippen molar-refractivity contribution in [2.75, 3.05) is 20.2 Å². The molecule has 104 valence electrons. The van der Waals surface area contributed by atoms with Crippen molar-refractivity contribution >= 4 is 11.9 Å². The van der Waals surface area contributed by atoms with E-state index in [9.17, 15) is 9.59 Å². The number of amides is 1. The number of hydrogen-bond acceptors (Lipinski definition) is 3. The Hall–Kier alpha value is -1.84. The van der Waals surface area contributed by atoms with Crippen LogP contribution in [0.2, 0.25) is 0 Å². The van der Waals surface area contributed by atoms with Crippen LogP contribution in [0.3, 0.4) is 0 Å². The fraction of sp³-hybridized carbons (Fsp3) is 0.467. The van der Waals surface area contributed by atoms with E-state index in [1.165, 1.54) is 7.11 Å². The van der Waals surface area contributed by atoms with E-state index in [1.807, 2.05) is 39.0 Å². The second kappa shape index (κ2) is 6.92. The fourth-order valence-corrected chi connectivity index (χ4v) is 2.01. The molecule has 1 aromatic rings. The predicted molar refractivity (Wildman–Crippen MR) is 74.1 cm³/mol. The Kier molecular flexibility index (Phi) is 5.55. The quantitative estimate of drug-likeness (QED) is 0.766. The Labute approximate surface area is 114 Å². The molecule has 0 saturated heterocycles. The van der Waals surface area contributed by atoms with Crippen LogP contribution in [0.4, 0.5) is 0 Å². The lowest BCUT2D eigenvalue weighted by molar-refractivity contribution is -0.140. The molecule has 0 aliphatic heterocycles. The van der Waals surface area contributed by atoms with Crippen molar-refractivity contribution in [3.63, 3.8) is 0 Å². The van der Waals surface area contributed by atoms with E-state index >= 15 is 0 Å². The highest BCUT2D eigenvalue weighted by atomic mass is 16.5. The second-order valence-corrected chi connectivity index (χ2v) is 4.59. The minimum absolute atomic E-state index is 0.0433. The summed E-state index contributed by atoms with van der Waals surface area (Å²) in [5.41, 5.74) is 2.80. The molecule has 1 aromatic carbocycles. The summed E-state index contributed by atoms with van der Waals surface area (Å²) in [7, 11) is 1.35. The molecule has 0 atom stereocenters. The van der Waals surface area contributed by atoms with Crippen LogP contribution in [-0.2, 0) is 9.53 Å². The second-order valence-electron chi connectivity index (χ2n) is 4.59. The number of aryl methyl sites for hydroxylation is 2. The van der Waals surface area contributed by atoms with E-state index < -0.39 is 0 Å². The van der Waals surface area contributed by atoms with Crippen molar-refractivity contribution in [3.05, 3.63) is 34.9 Å². The van der Waals surface area contributed by atoms with Crippen LogP contribution >= 0.6 is 0 Å². The van der Waals surface area contributed by atoms with E-state index in [-0.39, 0.29) is 18.3 Å². The summed E-state index contributed by atoms with van der Waals surface area (Å²) in [6, 6.07) is 5.77. The van der Waals surface area contributed by atoms with Crippen LogP contribution in [0, 0.1) is 13.8 Å². The minimum Gasteiger partial charge on any atom is -0.469 e. The first-order valence-electron chi connectivity index (χ1n) is 6.42. The Bertz CT molecular complexity index is 448. The number of hydrogen-bond donors (Lipinski definition) is 0. The van der Waals surface area contributed by atoms with Crippen LogP contribution in [0.25, 0.3) is 0 Å². The number of ether oxygens (including phenoxy) is 1. The van der Waals surface area contributed by atoms with Crippen LogP contribution in [0.5, 0.6) is 0 Å². The highest BCUT2D eigenvalue weighted by Gasteiger charge is 2.16. The number of benzene rings is 1. The van der Waals surface area contributed by atoms with E-state index in [0.29, 0.717) is 18.7 Å². The molecule has 0 saturated carbocycles. The first kappa shape index (κ1) is 15.2. The molecule has 1 amide bonds. The Morgan fingerprint density at radius 3 is 2.21 bits per heavy atom. The first-order chi connectivity index (χ1) is 8.97. The van der Waals surface area contributed by atoms with Crippen molar-refractivity contribution in [2.24, 2.45) is 0 Å². The standard InChI is InChI=1S/C15H21NO3/c1-5-16(7-6-14(17)19-4)15(18)13-9-11(2)8-12(3)10-13/h8-10H,5-7H2,1-4H3. The van der Waals surface area contributed by atoms with Gasteiger partial charge in [-0.3, -0.25) is 9.59 Å². The van der Waals surface area contributed by atoms with Gasteiger partial charge in [-0.2, -0.15) is 0 Å². The lowest BCUT2D eigenvalue weighted by atomic mass is 10.1. The average Bonchev–Trinajstić information content (AvgIpc) is 2.37. The lowest BCUT2D eigenvalue weighted by Crippen LogP contribution is -2.33. The normalized spacial score (nSPS) is 10.1. The summed E-state index contributed by atoms with van der Waals surface area (Å²) in [4.78, 5) is 25.2. The van der Waals surface area contributed by atoms with Gasteiger partial charge >= 0.3 is 5.97 Å². The van der Waals surface area contributed by atoms with Gasteiger partial charge in [0.2, 0.25) is 0 Å². The molecule has 4 heteroatoms. The summed E-state index contributed by atoms with van der Waals surface area (Å²) < 4.78 is 4.59. The van der Waals surface area contributed by atoms with Gasteiger partial charge in [0.15, 0.2) is 0 Å². The molecule has 0 bridgehead atoms. The van der Waals surface area contributed by atoms with Crippen molar-refractivity contribution in [1.82, 2.24) is 4.90 Å². The van der Waals surface area contributed by atoms with Gasteiger partial charge in [0.05, 0.1) is 13.5 Å². The molecule has 0 unspecified atom stereocenters. The number of esters is 1. The highest BCUT2D eigenvalue weighted by molar-refractivity contribution is 5.94. The number of nitrogens with zero attached hydrogens (tertiary/aromatic N) is 1. The Balaban J connectivity index is 2.80. The average molecular weight is 263 g/mol. The number of carbonyl (C=O) groups excluding carboxylic acids is 2. The van der Waals surface area contributed by atoms with Crippen LogP contribution in [-0.4, -0.2) is 37.0 Å². The minimum atomic E-state index is -0.299. The predicted octanol–water partition coefficient (Wildman–Crippen LogP) is 2.33. The summed E-state index contributed by atoms with van der Waals surface area (Å²) in [6.45, 7) is 6.79. The van der Waals surface area contributed by atoms with E-state index in [0.717, 1.165) is 11.1 Å². The van der Waals surface area contributed by atoms with Crippen molar-refractivity contribution in [2.45, 2.75) is 27.2 Å². The van der Waals surface area contributed by atoms with Gasteiger partial charge in [0.25, 0.3) is 5.91 Å². The third kappa shape index (κ3) is 4.39. The zero-order valence-electron chi connectivity index (χ0n) is 12.0. The highest BCUT2D eigenvalue weighted by Crippen LogP contribution is 2.12. The van der Waals surface area contributed by atoms with Crippen molar-refractivity contribution < 1.29 is 14.3 Å². The third-order valence-corrected chi connectivity index (χ3v) is 2.95. The summed E-state index contributed by atoms with van der Waals surface area (Å²) >= 11 is 0. The first-order valence-corrected chi connectivity index (χ1v) is 6.42. The molecule has 0 radical (unpaired) electrons. The monoisotopic (exact) mass is 263 g/mol. The maximum atomic E-state index is 12.4. The maximum absolute atomic E-state index is 12.4. The SMILES string of the molecule is CCN(CCC(=O)OC)C(=O)c1cc(C)cc(C)c1. The molecule has 4 nitrogen and oxygen atoms in total. The molecule has 0 heterocycles. The maximum Gasteiger partial charge on any atom is 0.307 e. The van der Waals surface area contributed by atoms with Gasteiger partial charge in [-0.25, -0.2) is 0 Å². The zero-order chi connectivity index (χ0) is 14.4. The van der Waals surface area contributed by atoms with Gasteiger partial charge in [-0.15, -0.1) is 0 Å². The molecule has 0 aliphatic rings. The molecule has 0 spiro atoms. The summed E-state index contributed by atoms with van der Waals surface area (Å²) in [5, 5.41) is 0. The van der Waals surface area contributed by atoms with E-state index in [4.69, 9.17) is 0 Å². The fourth-order valence-electron chi connectivity index (χ4n) is 2.01. The van der Waals surface area contributed by atoms with Crippen LogP contribution < -0.4 is 0 Å². The van der Waals surface area contributed by atoms with Gasteiger partial charge in [0.1, 0.15) is 0 Å². The van der Waals surface area contributed by atoms with E-state index in [1.54, 1.807) is 4.90 Å². The molecule has 0 aliphatic carbocycles. The molecular weight excluding hydrogens is 242 g/mol. The molecule has 0 N–H and O–H groups in total. The van der Waals surface area contributed by atoms with Crippen LogP contribution in [0.1, 0.15) is 34.8 Å². The van der Waals surface area contributed by atoms with Crippen LogP contribution in [0.15, 0.2) is 18.2 Å². The smallest absolute Gasteiger partial charge is 0.307 e. The summed E-state index contributed by atoms with van der Waals surface area (Å²) in [5.74, 6) is -0.343. The molecule has 0 fully saturated rings. The van der Waals surface area contributed by atoms with Crippen molar-refractivity contribution in [3.8, 4) is 0 Å². The molecule has 1 rings (SSSR count). The molecular formula is C15H21NO3. The van der Waals surface area contributed by atoms with Gasteiger partial charge in [-0.05, 0) is 32.9 Å². The van der Waals surface area contributed by atoms with Gasteiger partial charge < -0.3 is 9.64 Å². The number of rotatable bonds is 5. The van der Waals surface area contributed by atoms with Gasteiger partial charge in [0, 0.05) is 18.7 Å². The van der Waals surface area contributed by atoms with E-state index in [2.05, 4.69) is 4.74 Å². The number of carbonyl (C=O) groups is 2. The zero-order valence-corrected chi connectivity index (χ0v) is 12.0. The lowest BCUT2D eigenvalue weighted by Gasteiger charge is -2.20. The largest absolute Gasteiger partial charge is 0.469 e. The topological polar surface area (TPSA) is 46.6 Å². The van der Waals surface area contributed by atoms with Crippen molar-refractivity contribution in [1.29, 1.82) is 0 Å². The third-order valence-electron chi connectivity index (χ3n) is 2.95. The molecule has 0 aromatic heterocycles. The number of methoxy groups -OCH3 is 1. The Morgan fingerprint density at radius 1 is 1.16 bits per heavy atom.